The molecule has 2 aromatic heterocycles. The molecule has 0 radical (unpaired) electrons. The van der Waals surface area contributed by atoms with Gasteiger partial charge in [-0.2, -0.15) is 5.10 Å². The number of hydrogen-bond donors (Lipinski definition) is 1. The Kier molecular flexibility index (Phi) is 3.10. The zero-order valence-electron chi connectivity index (χ0n) is 9.33. The molecule has 0 unspecified atom stereocenters. The molecule has 0 saturated heterocycles. The van der Waals surface area contributed by atoms with E-state index in [1.54, 1.807) is 20.0 Å². The van der Waals surface area contributed by atoms with Crippen molar-refractivity contribution in [3.8, 4) is 0 Å². The van der Waals surface area contributed by atoms with Crippen LogP contribution in [0.1, 0.15) is 18.7 Å². The van der Waals surface area contributed by atoms with Crippen LogP contribution in [0.4, 0.5) is 0 Å². The standard InChI is InChI=1S/C9H11ClN6O/c1-6-8(10)3-16(13-6)7(2)9(17)14-15-4-11-12-5-15/h3-5,7H,1-2H3,(H,14,17)/t7-/m1/s1. The summed E-state index contributed by atoms with van der Waals surface area (Å²) in [6.45, 7) is 3.51. The molecule has 1 N–H and O–H groups in total. The van der Waals surface area contributed by atoms with Crippen molar-refractivity contribution in [3.05, 3.63) is 29.6 Å². The van der Waals surface area contributed by atoms with Crippen molar-refractivity contribution in [1.29, 1.82) is 0 Å². The fourth-order valence-corrected chi connectivity index (χ4v) is 1.39. The molecule has 0 saturated carbocycles. The van der Waals surface area contributed by atoms with Crippen LogP contribution in [0.5, 0.6) is 0 Å². The summed E-state index contributed by atoms with van der Waals surface area (Å²) in [7, 11) is 0. The fourth-order valence-electron chi connectivity index (χ4n) is 1.26. The Morgan fingerprint density at radius 1 is 1.47 bits per heavy atom. The summed E-state index contributed by atoms with van der Waals surface area (Å²) in [5, 5.41) is 11.8. The Morgan fingerprint density at radius 3 is 2.65 bits per heavy atom. The second-order valence-corrected chi connectivity index (χ2v) is 3.97. The van der Waals surface area contributed by atoms with E-state index in [9.17, 15) is 4.79 Å². The number of aryl methyl sites for hydroxylation is 1. The molecular weight excluding hydrogens is 244 g/mol. The van der Waals surface area contributed by atoms with Crippen LogP contribution in [0.25, 0.3) is 0 Å². The lowest BCUT2D eigenvalue weighted by atomic mass is 10.3. The first kappa shape index (κ1) is 11.6. The van der Waals surface area contributed by atoms with Crippen molar-refractivity contribution in [2.45, 2.75) is 19.9 Å². The number of carbonyl (C=O) groups is 1. The maximum absolute atomic E-state index is 11.8. The van der Waals surface area contributed by atoms with Gasteiger partial charge in [0.15, 0.2) is 0 Å². The minimum atomic E-state index is -0.469. The van der Waals surface area contributed by atoms with E-state index in [2.05, 4.69) is 20.7 Å². The van der Waals surface area contributed by atoms with Gasteiger partial charge in [-0.05, 0) is 13.8 Å². The first-order chi connectivity index (χ1) is 8.08. The van der Waals surface area contributed by atoms with Gasteiger partial charge < -0.3 is 0 Å². The third-order valence-corrected chi connectivity index (χ3v) is 2.66. The van der Waals surface area contributed by atoms with Crippen LogP contribution in [0.3, 0.4) is 0 Å². The summed E-state index contributed by atoms with van der Waals surface area (Å²) >= 11 is 5.88. The zero-order valence-corrected chi connectivity index (χ0v) is 10.1. The van der Waals surface area contributed by atoms with Crippen LogP contribution >= 0.6 is 11.6 Å². The van der Waals surface area contributed by atoms with E-state index < -0.39 is 6.04 Å². The second kappa shape index (κ2) is 4.54. The first-order valence-corrected chi connectivity index (χ1v) is 5.32. The first-order valence-electron chi connectivity index (χ1n) is 4.94. The molecule has 0 aliphatic heterocycles. The number of halogens is 1. The molecule has 17 heavy (non-hydrogen) atoms. The van der Waals surface area contributed by atoms with Gasteiger partial charge in [-0.3, -0.25) is 14.9 Å². The SMILES string of the molecule is Cc1nn([C@H](C)C(=O)Nn2cnnc2)cc1Cl. The van der Waals surface area contributed by atoms with Crippen LogP contribution < -0.4 is 5.43 Å². The fraction of sp³-hybridized carbons (Fsp3) is 0.333. The third kappa shape index (κ3) is 2.44. The van der Waals surface area contributed by atoms with E-state index in [0.29, 0.717) is 10.7 Å². The molecule has 1 atom stereocenters. The predicted octanol–water partition coefficient (Wildman–Crippen LogP) is 0.768. The maximum atomic E-state index is 11.8. The van der Waals surface area contributed by atoms with Gasteiger partial charge in [-0.15, -0.1) is 10.2 Å². The van der Waals surface area contributed by atoms with Crippen LogP contribution in [0.15, 0.2) is 18.9 Å². The number of amides is 1. The number of rotatable bonds is 3. The molecule has 90 valence electrons. The van der Waals surface area contributed by atoms with Crippen LogP contribution in [0.2, 0.25) is 5.02 Å². The lowest BCUT2D eigenvalue weighted by Crippen LogP contribution is -2.29. The molecule has 0 fully saturated rings. The highest BCUT2D eigenvalue weighted by Gasteiger charge is 2.17. The number of nitrogens with zero attached hydrogens (tertiary/aromatic N) is 5. The molecule has 0 spiro atoms. The van der Waals surface area contributed by atoms with E-state index in [4.69, 9.17) is 11.6 Å². The van der Waals surface area contributed by atoms with Gasteiger partial charge >= 0.3 is 0 Å². The Labute approximate surface area is 102 Å². The Balaban J connectivity index is 2.09. The molecule has 1 amide bonds. The van der Waals surface area contributed by atoms with Crippen LogP contribution in [-0.4, -0.2) is 30.6 Å². The van der Waals surface area contributed by atoms with Crippen molar-refractivity contribution in [2.75, 3.05) is 5.43 Å². The monoisotopic (exact) mass is 254 g/mol. The van der Waals surface area contributed by atoms with E-state index in [0.717, 1.165) is 0 Å². The largest absolute Gasteiger partial charge is 0.271 e. The minimum absolute atomic E-state index is 0.232. The third-order valence-electron chi connectivity index (χ3n) is 2.29. The normalized spacial score (nSPS) is 12.4. The van der Waals surface area contributed by atoms with Gasteiger partial charge in [0.2, 0.25) is 0 Å². The molecule has 0 aliphatic rings. The van der Waals surface area contributed by atoms with E-state index in [1.807, 2.05) is 0 Å². The number of nitrogens with one attached hydrogen (secondary N) is 1. The molecule has 0 aliphatic carbocycles. The number of hydrogen-bond acceptors (Lipinski definition) is 4. The van der Waals surface area contributed by atoms with E-state index >= 15 is 0 Å². The highest BCUT2D eigenvalue weighted by molar-refractivity contribution is 6.31. The molecule has 0 bridgehead atoms. The van der Waals surface area contributed by atoms with Gasteiger partial charge in [0.1, 0.15) is 18.7 Å². The molecule has 8 heteroatoms. The van der Waals surface area contributed by atoms with Gasteiger partial charge in [-0.25, -0.2) is 4.68 Å². The molecule has 2 rings (SSSR count). The predicted molar refractivity (Wildman–Crippen MR) is 61.1 cm³/mol. The summed E-state index contributed by atoms with van der Waals surface area (Å²) in [5.41, 5.74) is 3.29. The average molecular weight is 255 g/mol. The van der Waals surface area contributed by atoms with Crippen molar-refractivity contribution < 1.29 is 4.79 Å². The smallest absolute Gasteiger partial charge is 0.263 e. The topological polar surface area (TPSA) is 77.6 Å². The summed E-state index contributed by atoms with van der Waals surface area (Å²) in [6, 6.07) is -0.469. The zero-order chi connectivity index (χ0) is 12.4. The van der Waals surface area contributed by atoms with Gasteiger partial charge in [0, 0.05) is 6.20 Å². The lowest BCUT2D eigenvalue weighted by Gasteiger charge is -2.12. The second-order valence-electron chi connectivity index (χ2n) is 3.56. The Morgan fingerprint density at radius 2 is 2.12 bits per heavy atom. The van der Waals surface area contributed by atoms with Gasteiger partial charge in [-0.1, -0.05) is 11.6 Å². The molecule has 2 aromatic rings. The quantitative estimate of drug-likeness (QED) is 0.878. The minimum Gasteiger partial charge on any atom is -0.271 e. The van der Waals surface area contributed by atoms with Crippen molar-refractivity contribution >= 4 is 17.5 Å². The highest BCUT2D eigenvalue weighted by Crippen LogP contribution is 2.15. The van der Waals surface area contributed by atoms with Crippen molar-refractivity contribution in [2.24, 2.45) is 0 Å². The summed E-state index contributed by atoms with van der Waals surface area (Å²) in [4.78, 5) is 11.8. The number of carbonyl (C=O) groups excluding carboxylic acids is 1. The average Bonchev–Trinajstić information content (AvgIpc) is 2.89. The summed E-state index contributed by atoms with van der Waals surface area (Å²) < 4.78 is 2.88. The summed E-state index contributed by atoms with van der Waals surface area (Å²) in [5.74, 6) is -0.232. The van der Waals surface area contributed by atoms with E-state index in [-0.39, 0.29) is 5.91 Å². The lowest BCUT2D eigenvalue weighted by molar-refractivity contribution is -0.120. The van der Waals surface area contributed by atoms with Crippen molar-refractivity contribution in [1.82, 2.24) is 24.7 Å². The Hall–Kier alpha value is -1.89. The highest BCUT2D eigenvalue weighted by atomic mass is 35.5. The van der Waals surface area contributed by atoms with Gasteiger partial charge in [0.05, 0.1) is 10.7 Å². The molecule has 0 aromatic carbocycles. The molecule has 2 heterocycles. The molecular formula is C9H11ClN6O. The molecule has 7 nitrogen and oxygen atoms in total. The maximum Gasteiger partial charge on any atom is 0.263 e. The van der Waals surface area contributed by atoms with Gasteiger partial charge in [0.25, 0.3) is 5.91 Å². The van der Waals surface area contributed by atoms with E-state index in [1.165, 1.54) is 22.0 Å². The van der Waals surface area contributed by atoms with Crippen LogP contribution in [0, 0.1) is 6.92 Å². The summed E-state index contributed by atoms with van der Waals surface area (Å²) in [6.07, 6.45) is 4.41. The van der Waals surface area contributed by atoms with Crippen LogP contribution in [-0.2, 0) is 4.79 Å². The number of aromatic nitrogens is 5. The van der Waals surface area contributed by atoms with Crippen molar-refractivity contribution in [3.63, 3.8) is 0 Å². The Bertz CT molecular complexity index is 500.